The molecule has 0 spiro atoms. The summed E-state index contributed by atoms with van der Waals surface area (Å²) in [6, 6.07) is 9.46. The molecule has 0 bridgehead atoms. The minimum absolute atomic E-state index is 0.178. The molecule has 7 heteroatoms. The highest BCUT2D eigenvalue weighted by Crippen LogP contribution is 2.35. The third-order valence-electron chi connectivity index (χ3n) is 5.69. The van der Waals surface area contributed by atoms with Gasteiger partial charge in [-0.05, 0) is 49.7 Å². The number of ether oxygens (including phenoxy) is 2. The highest BCUT2D eigenvalue weighted by Gasteiger charge is 2.26. The fourth-order valence-corrected chi connectivity index (χ4v) is 4.21. The van der Waals surface area contributed by atoms with Crippen molar-refractivity contribution in [3.05, 3.63) is 65.5 Å². The zero-order valence-electron chi connectivity index (χ0n) is 17.1. The van der Waals surface area contributed by atoms with Crippen molar-refractivity contribution in [2.45, 2.75) is 25.3 Å². The highest BCUT2D eigenvalue weighted by atomic mass is 19.1. The van der Waals surface area contributed by atoms with Crippen LogP contribution in [0, 0.1) is 11.6 Å². The maximum absolute atomic E-state index is 14.4. The molecule has 158 valence electrons. The lowest BCUT2D eigenvalue weighted by molar-refractivity contribution is 0.196. The Kier molecular flexibility index (Phi) is 5.99. The van der Waals surface area contributed by atoms with Crippen LogP contribution in [0.25, 0.3) is 11.1 Å². The van der Waals surface area contributed by atoms with Crippen LogP contribution in [0.1, 0.15) is 30.0 Å². The number of aromatic amines is 1. The molecule has 2 heterocycles. The Hall–Kier alpha value is -2.93. The maximum atomic E-state index is 14.4. The van der Waals surface area contributed by atoms with Crippen LogP contribution >= 0.6 is 0 Å². The van der Waals surface area contributed by atoms with Gasteiger partial charge in [0.15, 0.2) is 0 Å². The summed E-state index contributed by atoms with van der Waals surface area (Å²) in [7, 11) is 3.31. The fourth-order valence-electron chi connectivity index (χ4n) is 4.21. The molecule has 0 aliphatic carbocycles. The summed E-state index contributed by atoms with van der Waals surface area (Å²) in [6.07, 6.45) is 3.61. The number of halogens is 2. The molecule has 1 aliphatic heterocycles. The van der Waals surface area contributed by atoms with Crippen molar-refractivity contribution in [1.29, 1.82) is 0 Å². The standard InChI is InChI=1S/C23H25F2N3O2/c1-29-18-6-8-22(30-2)16(10-18)14-28-9-3-4-15(13-28)23-20(12-26-27-23)19-7-5-17(24)11-21(19)25/h5-8,10-12,15H,3-4,9,13-14H2,1-2H3,(H,26,27)/t15-/m0/s1. The molecule has 3 aromatic rings. The summed E-state index contributed by atoms with van der Waals surface area (Å²) in [6.45, 7) is 2.49. The summed E-state index contributed by atoms with van der Waals surface area (Å²) in [5.41, 5.74) is 3.01. The second-order valence-corrected chi connectivity index (χ2v) is 7.57. The van der Waals surface area contributed by atoms with Crippen molar-refractivity contribution in [3.8, 4) is 22.6 Å². The summed E-state index contributed by atoms with van der Waals surface area (Å²) < 4.78 is 38.6. The number of piperidine rings is 1. The van der Waals surface area contributed by atoms with Crippen LogP contribution in [0.4, 0.5) is 8.78 Å². The molecular weight excluding hydrogens is 388 g/mol. The molecule has 4 rings (SSSR count). The second-order valence-electron chi connectivity index (χ2n) is 7.57. The minimum Gasteiger partial charge on any atom is -0.497 e. The molecule has 1 atom stereocenters. The average molecular weight is 413 g/mol. The predicted octanol–water partition coefficient (Wildman–Crippen LogP) is 4.75. The molecule has 2 aromatic carbocycles. The van der Waals surface area contributed by atoms with E-state index in [0.717, 1.165) is 61.3 Å². The number of rotatable bonds is 6. The lowest BCUT2D eigenvalue weighted by Crippen LogP contribution is -2.34. The number of hydrogen-bond acceptors (Lipinski definition) is 4. The molecule has 1 fully saturated rings. The molecule has 30 heavy (non-hydrogen) atoms. The zero-order chi connectivity index (χ0) is 21.1. The molecule has 0 unspecified atom stereocenters. The van der Waals surface area contributed by atoms with E-state index in [1.807, 2.05) is 18.2 Å². The lowest BCUT2D eigenvalue weighted by atomic mass is 9.90. The van der Waals surface area contributed by atoms with Crippen LogP contribution in [0.15, 0.2) is 42.6 Å². The van der Waals surface area contributed by atoms with E-state index >= 15 is 0 Å². The van der Waals surface area contributed by atoms with Crippen LogP contribution < -0.4 is 9.47 Å². The first-order chi connectivity index (χ1) is 14.6. The van der Waals surface area contributed by atoms with Gasteiger partial charge in [-0.15, -0.1) is 0 Å². The van der Waals surface area contributed by atoms with Gasteiger partial charge in [-0.1, -0.05) is 0 Å². The molecule has 0 amide bonds. The van der Waals surface area contributed by atoms with Gasteiger partial charge in [0, 0.05) is 47.5 Å². The summed E-state index contributed by atoms with van der Waals surface area (Å²) in [4.78, 5) is 2.36. The van der Waals surface area contributed by atoms with Gasteiger partial charge in [0.2, 0.25) is 0 Å². The summed E-state index contributed by atoms with van der Waals surface area (Å²) in [5, 5.41) is 7.22. The van der Waals surface area contributed by atoms with Gasteiger partial charge in [-0.2, -0.15) is 5.10 Å². The number of nitrogens with one attached hydrogen (secondary N) is 1. The lowest BCUT2D eigenvalue weighted by Gasteiger charge is -2.33. The van der Waals surface area contributed by atoms with Crippen molar-refractivity contribution >= 4 is 0 Å². The number of likely N-dealkylation sites (tertiary alicyclic amines) is 1. The van der Waals surface area contributed by atoms with Crippen LogP contribution in [0.5, 0.6) is 11.5 Å². The highest BCUT2D eigenvalue weighted by molar-refractivity contribution is 5.66. The Bertz CT molecular complexity index is 1020. The largest absolute Gasteiger partial charge is 0.497 e. The minimum atomic E-state index is -0.586. The summed E-state index contributed by atoms with van der Waals surface area (Å²) in [5.74, 6) is 0.636. The van der Waals surface area contributed by atoms with Crippen molar-refractivity contribution in [2.75, 3.05) is 27.3 Å². The van der Waals surface area contributed by atoms with Crippen molar-refractivity contribution in [1.82, 2.24) is 15.1 Å². The normalized spacial score (nSPS) is 17.1. The van der Waals surface area contributed by atoms with Gasteiger partial charge in [-0.25, -0.2) is 8.78 Å². The van der Waals surface area contributed by atoms with Crippen LogP contribution in [-0.2, 0) is 6.54 Å². The molecule has 1 N–H and O–H groups in total. The molecule has 1 aliphatic rings. The summed E-state index contributed by atoms with van der Waals surface area (Å²) >= 11 is 0. The molecular formula is C23H25F2N3O2. The van der Waals surface area contributed by atoms with Crippen molar-refractivity contribution in [2.24, 2.45) is 0 Å². The number of aromatic nitrogens is 2. The topological polar surface area (TPSA) is 50.4 Å². The Morgan fingerprint density at radius 3 is 2.73 bits per heavy atom. The van der Waals surface area contributed by atoms with Gasteiger partial charge < -0.3 is 9.47 Å². The van der Waals surface area contributed by atoms with E-state index < -0.39 is 11.6 Å². The smallest absolute Gasteiger partial charge is 0.134 e. The first-order valence-electron chi connectivity index (χ1n) is 10.0. The van der Waals surface area contributed by atoms with Gasteiger partial charge in [-0.3, -0.25) is 10.00 Å². The van der Waals surface area contributed by atoms with E-state index in [1.165, 1.54) is 12.1 Å². The molecule has 5 nitrogen and oxygen atoms in total. The Morgan fingerprint density at radius 1 is 1.10 bits per heavy atom. The van der Waals surface area contributed by atoms with Gasteiger partial charge in [0.1, 0.15) is 23.1 Å². The van der Waals surface area contributed by atoms with E-state index in [2.05, 4.69) is 15.1 Å². The number of hydrogen-bond donors (Lipinski definition) is 1. The van der Waals surface area contributed by atoms with E-state index in [4.69, 9.17) is 9.47 Å². The number of nitrogens with zero attached hydrogens (tertiary/aromatic N) is 2. The van der Waals surface area contributed by atoms with Crippen LogP contribution in [-0.4, -0.2) is 42.4 Å². The van der Waals surface area contributed by atoms with Crippen LogP contribution in [0.3, 0.4) is 0 Å². The maximum Gasteiger partial charge on any atom is 0.134 e. The average Bonchev–Trinajstić information content (AvgIpc) is 3.23. The van der Waals surface area contributed by atoms with Gasteiger partial charge in [0.05, 0.1) is 20.4 Å². The third-order valence-corrected chi connectivity index (χ3v) is 5.69. The first kappa shape index (κ1) is 20.3. The first-order valence-corrected chi connectivity index (χ1v) is 10.0. The van der Waals surface area contributed by atoms with E-state index in [1.54, 1.807) is 20.4 Å². The fraction of sp³-hybridized carbons (Fsp3) is 0.348. The number of methoxy groups -OCH3 is 2. The Labute approximate surface area is 174 Å². The monoisotopic (exact) mass is 413 g/mol. The Morgan fingerprint density at radius 2 is 1.97 bits per heavy atom. The van der Waals surface area contributed by atoms with E-state index in [-0.39, 0.29) is 5.92 Å². The quantitative estimate of drug-likeness (QED) is 0.634. The van der Waals surface area contributed by atoms with Gasteiger partial charge in [0.25, 0.3) is 0 Å². The zero-order valence-corrected chi connectivity index (χ0v) is 17.1. The molecule has 0 radical (unpaired) electrons. The number of benzene rings is 2. The van der Waals surface area contributed by atoms with E-state index in [0.29, 0.717) is 11.1 Å². The molecule has 1 saturated heterocycles. The van der Waals surface area contributed by atoms with E-state index in [9.17, 15) is 8.78 Å². The second kappa shape index (κ2) is 8.83. The molecule has 1 aromatic heterocycles. The predicted molar refractivity (Wildman–Crippen MR) is 111 cm³/mol. The van der Waals surface area contributed by atoms with Crippen molar-refractivity contribution < 1.29 is 18.3 Å². The van der Waals surface area contributed by atoms with Crippen LogP contribution in [0.2, 0.25) is 0 Å². The van der Waals surface area contributed by atoms with Gasteiger partial charge >= 0.3 is 0 Å². The van der Waals surface area contributed by atoms with Crippen molar-refractivity contribution in [3.63, 3.8) is 0 Å². The number of H-pyrrole nitrogens is 1. The third kappa shape index (κ3) is 4.16. The SMILES string of the molecule is COc1ccc(OC)c(CN2CCC[C@H](c3[nH]ncc3-c3ccc(F)cc3F)C2)c1. The Balaban J connectivity index is 1.55. The molecule has 0 saturated carbocycles.